The number of benzene rings is 1. The van der Waals surface area contributed by atoms with Crippen molar-refractivity contribution in [3.05, 3.63) is 40.9 Å². The molecule has 110 valence electrons. The second-order valence-electron chi connectivity index (χ2n) is 5.25. The van der Waals surface area contributed by atoms with E-state index in [9.17, 15) is 8.42 Å². The maximum atomic E-state index is 12.1. The van der Waals surface area contributed by atoms with Gasteiger partial charge in [0, 0.05) is 11.0 Å². The van der Waals surface area contributed by atoms with Crippen LogP contribution in [0.2, 0.25) is 0 Å². The van der Waals surface area contributed by atoms with Crippen LogP contribution in [0.4, 0.5) is 0 Å². The summed E-state index contributed by atoms with van der Waals surface area (Å²) in [6.07, 6.45) is 6.31. The third kappa shape index (κ3) is 4.17. The van der Waals surface area contributed by atoms with E-state index in [-0.39, 0.29) is 6.54 Å². The van der Waals surface area contributed by atoms with Crippen LogP contribution in [0.3, 0.4) is 0 Å². The van der Waals surface area contributed by atoms with Crippen molar-refractivity contribution in [1.29, 1.82) is 0 Å². The Balaban J connectivity index is 2.09. The van der Waals surface area contributed by atoms with Crippen LogP contribution in [0.25, 0.3) is 0 Å². The molecule has 0 heterocycles. The lowest BCUT2D eigenvalue weighted by atomic mass is 9.84. The highest BCUT2D eigenvalue weighted by molar-refractivity contribution is 9.11. The molecule has 0 aromatic heterocycles. The Morgan fingerprint density at radius 1 is 1.20 bits per heavy atom. The zero-order chi connectivity index (χ0) is 14.6. The van der Waals surface area contributed by atoms with Crippen LogP contribution in [0.1, 0.15) is 43.6 Å². The first-order chi connectivity index (χ1) is 9.49. The predicted molar refractivity (Wildman–Crippen MR) is 85.5 cm³/mol. The van der Waals surface area contributed by atoms with Crippen molar-refractivity contribution in [2.45, 2.75) is 42.9 Å². The largest absolute Gasteiger partial charge is 0.240 e. The van der Waals surface area contributed by atoms with E-state index in [4.69, 9.17) is 0 Å². The summed E-state index contributed by atoms with van der Waals surface area (Å²) in [4.78, 5) is 0.311. The van der Waals surface area contributed by atoms with E-state index in [0.29, 0.717) is 15.3 Å². The molecule has 0 bridgehead atoms. The summed E-state index contributed by atoms with van der Waals surface area (Å²) in [7, 11) is -3.44. The van der Waals surface area contributed by atoms with E-state index in [1.165, 1.54) is 37.7 Å². The number of hydrogen-bond donors (Lipinski definition) is 1. The van der Waals surface area contributed by atoms with Gasteiger partial charge in [0.1, 0.15) is 0 Å². The smallest absolute Gasteiger partial charge is 0.207 e. The molecule has 20 heavy (non-hydrogen) atoms. The topological polar surface area (TPSA) is 46.2 Å². The SMILES string of the molecule is C=C(Br)CNS(=O)(=O)c1ccc(C2CCCCC2)cc1. The molecule has 1 aromatic rings. The molecule has 0 atom stereocenters. The molecular weight excluding hydrogens is 338 g/mol. The van der Waals surface area contributed by atoms with Gasteiger partial charge in [0.25, 0.3) is 0 Å². The molecule has 1 aliphatic carbocycles. The Labute approximate surface area is 129 Å². The van der Waals surface area contributed by atoms with E-state index >= 15 is 0 Å². The molecule has 1 aliphatic rings. The molecule has 2 rings (SSSR count). The Bertz CT molecular complexity index is 560. The number of rotatable bonds is 5. The molecule has 1 fully saturated rings. The molecule has 0 radical (unpaired) electrons. The minimum absolute atomic E-state index is 0.201. The van der Waals surface area contributed by atoms with Crippen molar-refractivity contribution < 1.29 is 8.42 Å². The molecule has 0 unspecified atom stereocenters. The average molecular weight is 358 g/mol. The molecule has 0 aliphatic heterocycles. The van der Waals surface area contributed by atoms with Crippen LogP contribution < -0.4 is 4.72 Å². The molecule has 0 saturated heterocycles. The fourth-order valence-corrected chi connectivity index (χ4v) is 3.96. The molecule has 0 spiro atoms. The third-order valence-corrected chi connectivity index (χ3v) is 5.42. The number of hydrogen-bond acceptors (Lipinski definition) is 2. The molecule has 3 nitrogen and oxygen atoms in total. The standard InChI is InChI=1S/C15H20BrNO2S/c1-12(16)11-17-20(18,19)15-9-7-14(8-10-15)13-5-3-2-4-6-13/h7-10,13,17H,1-6,11H2. The van der Waals surface area contributed by atoms with Crippen molar-refractivity contribution >= 4 is 26.0 Å². The highest BCUT2D eigenvalue weighted by atomic mass is 79.9. The molecule has 5 heteroatoms. The second kappa shape index (κ2) is 6.87. The minimum Gasteiger partial charge on any atom is -0.207 e. The Morgan fingerprint density at radius 2 is 1.80 bits per heavy atom. The van der Waals surface area contributed by atoms with E-state index in [0.717, 1.165) is 0 Å². The molecule has 1 aromatic carbocycles. The summed E-state index contributed by atoms with van der Waals surface area (Å²) in [6.45, 7) is 3.82. The first-order valence-corrected chi connectivity index (χ1v) is 9.19. The van der Waals surface area contributed by atoms with E-state index in [1.807, 2.05) is 12.1 Å². The fraction of sp³-hybridized carbons (Fsp3) is 0.467. The molecule has 1 saturated carbocycles. The summed E-state index contributed by atoms with van der Waals surface area (Å²) in [5, 5.41) is 0. The minimum atomic E-state index is -3.44. The van der Waals surface area contributed by atoms with Crippen molar-refractivity contribution in [3.63, 3.8) is 0 Å². The van der Waals surface area contributed by atoms with Gasteiger partial charge < -0.3 is 0 Å². The first-order valence-electron chi connectivity index (χ1n) is 6.92. The number of sulfonamides is 1. The van der Waals surface area contributed by atoms with Gasteiger partial charge in [-0.1, -0.05) is 53.9 Å². The molecule has 1 N–H and O–H groups in total. The third-order valence-electron chi connectivity index (χ3n) is 3.72. The van der Waals surface area contributed by atoms with E-state index < -0.39 is 10.0 Å². The second-order valence-corrected chi connectivity index (χ2v) is 8.13. The maximum absolute atomic E-state index is 12.1. The van der Waals surface area contributed by atoms with Crippen LogP contribution in [-0.4, -0.2) is 15.0 Å². The average Bonchev–Trinajstić information content (AvgIpc) is 2.46. The van der Waals surface area contributed by atoms with Crippen LogP contribution in [0, 0.1) is 0 Å². The summed E-state index contributed by atoms with van der Waals surface area (Å²) in [6, 6.07) is 7.30. The van der Waals surface area contributed by atoms with E-state index in [1.54, 1.807) is 12.1 Å². The lowest BCUT2D eigenvalue weighted by Crippen LogP contribution is -2.24. The summed E-state index contributed by atoms with van der Waals surface area (Å²) < 4.78 is 27.2. The van der Waals surface area contributed by atoms with Crippen molar-refractivity contribution in [2.75, 3.05) is 6.54 Å². The van der Waals surface area contributed by atoms with Crippen LogP contribution in [0.15, 0.2) is 40.2 Å². The van der Waals surface area contributed by atoms with Gasteiger partial charge in [0.15, 0.2) is 0 Å². The van der Waals surface area contributed by atoms with Crippen molar-refractivity contribution in [3.8, 4) is 0 Å². The van der Waals surface area contributed by atoms with Gasteiger partial charge in [-0.3, -0.25) is 0 Å². The highest BCUT2D eigenvalue weighted by Gasteiger charge is 2.17. The van der Waals surface area contributed by atoms with Crippen molar-refractivity contribution in [1.82, 2.24) is 4.72 Å². The fourth-order valence-electron chi connectivity index (χ4n) is 2.61. The van der Waals surface area contributed by atoms with Gasteiger partial charge in [-0.2, -0.15) is 0 Å². The Kier molecular flexibility index (Phi) is 5.41. The van der Waals surface area contributed by atoms with Crippen LogP contribution >= 0.6 is 15.9 Å². The first kappa shape index (κ1) is 15.7. The highest BCUT2D eigenvalue weighted by Crippen LogP contribution is 2.32. The molecular formula is C15H20BrNO2S. The van der Waals surface area contributed by atoms with Crippen molar-refractivity contribution in [2.24, 2.45) is 0 Å². The van der Waals surface area contributed by atoms with Gasteiger partial charge in [0.2, 0.25) is 10.0 Å². The van der Waals surface area contributed by atoms with Crippen LogP contribution in [0.5, 0.6) is 0 Å². The van der Waals surface area contributed by atoms with Crippen LogP contribution in [-0.2, 0) is 10.0 Å². The summed E-state index contributed by atoms with van der Waals surface area (Å²) in [5.74, 6) is 0.593. The normalized spacial score (nSPS) is 17.1. The van der Waals surface area contributed by atoms with Gasteiger partial charge >= 0.3 is 0 Å². The van der Waals surface area contributed by atoms with Gasteiger partial charge in [0.05, 0.1) is 4.90 Å². The Hall–Kier alpha value is -0.650. The lowest BCUT2D eigenvalue weighted by Gasteiger charge is -2.22. The van der Waals surface area contributed by atoms with Gasteiger partial charge in [-0.05, 0) is 36.5 Å². The monoisotopic (exact) mass is 357 g/mol. The number of nitrogens with one attached hydrogen (secondary N) is 1. The van der Waals surface area contributed by atoms with E-state index in [2.05, 4.69) is 27.2 Å². The lowest BCUT2D eigenvalue weighted by molar-refractivity contribution is 0.443. The number of halogens is 1. The zero-order valence-electron chi connectivity index (χ0n) is 11.4. The predicted octanol–water partition coefficient (Wildman–Crippen LogP) is 3.92. The van der Waals surface area contributed by atoms with Gasteiger partial charge in [-0.15, -0.1) is 0 Å². The Morgan fingerprint density at radius 3 is 2.35 bits per heavy atom. The maximum Gasteiger partial charge on any atom is 0.240 e. The molecule has 0 amide bonds. The summed E-state index contributed by atoms with van der Waals surface area (Å²) >= 11 is 3.14. The summed E-state index contributed by atoms with van der Waals surface area (Å²) in [5.41, 5.74) is 1.26. The zero-order valence-corrected chi connectivity index (χ0v) is 13.8. The van der Waals surface area contributed by atoms with Gasteiger partial charge in [-0.25, -0.2) is 13.1 Å². The quantitative estimate of drug-likeness (QED) is 0.867.